The standard InChI is InChI=1S/C15H19N3O2S/c1-11-8-14(16)9-15(12(11)2)21(19,20)18(3)10-13-4-6-17-7-5-13/h4-9H,10,16H2,1-3H3. The molecule has 1 aromatic carbocycles. The van der Waals surface area contributed by atoms with E-state index in [1.54, 1.807) is 44.6 Å². The van der Waals surface area contributed by atoms with Gasteiger partial charge in [-0.05, 0) is 54.8 Å². The molecule has 1 aromatic heterocycles. The average molecular weight is 305 g/mol. The zero-order valence-corrected chi connectivity index (χ0v) is 13.2. The molecule has 2 aromatic rings. The molecule has 2 rings (SSSR count). The first-order chi connectivity index (χ1) is 9.82. The molecule has 5 nitrogen and oxygen atoms in total. The molecule has 1 heterocycles. The van der Waals surface area contributed by atoms with Crippen molar-refractivity contribution in [2.45, 2.75) is 25.3 Å². The van der Waals surface area contributed by atoms with Gasteiger partial charge in [-0.25, -0.2) is 8.42 Å². The second-order valence-corrected chi connectivity index (χ2v) is 7.09. The van der Waals surface area contributed by atoms with Gasteiger partial charge in [-0.15, -0.1) is 0 Å². The molecular weight excluding hydrogens is 286 g/mol. The fourth-order valence-electron chi connectivity index (χ4n) is 2.12. The molecule has 0 saturated heterocycles. The molecule has 2 N–H and O–H groups in total. The van der Waals surface area contributed by atoms with Crippen LogP contribution in [0.4, 0.5) is 5.69 Å². The van der Waals surface area contributed by atoms with Gasteiger partial charge in [-0.2, -0.15) is 4.31 Å². The van der Waals surface area contributed by atoms with E-state index in [2.05, 4.69) is 4.98 Å². The number of anilines is 1. The van der Waals surface area contributed by atoms with E-state index in [4.69, 9.17) is 5.73 Å². The van der Waals surface area contributed by atoms with Crippen molar-refractivity contribution in [2.75, 3.05) is 12.8 Å². The molecule has 112 valence electrons. The van der Waals surface area contributed by atoms with Crippen molar-refractivity contribution in [2.24, 2.45) is 0 Å². The highest BCUT2D eigenvalue weighted by atomic mass is 32.2. The predicted molar refractivity (Wildman–Crippen MR) is 83.2 cm³/mol. The predicted octanol–water partition coefficient (Wildman–Crippen LogP) is 2.10. The van der Waals surface area contributed by atoms with Crippen LogP contribution in [-0.4, -0.2) is 24.8 Å². The fourth-order valence-corrected chi connectivity index (χ4v) is 3.61. The van der Waals surface area contributed by atoms with Crippen LogP contribution >= 0.6 is 0 Å². The molecule has 0 unspecified atom stereocenters. The van der Waals surface area contributed by atoms with Gasteiger partial charge in [-0.3, -0.25) is 4.98 Å². The molecular formula is C15H19N3O2S. The quantitative estimate of drug-likeness (QED) is 0.878. The Morgan fingerprint density at radius 3 is 2.43 bits per heavy atom. The Morgan fingerprint density at radius 2 is 1.81 bits per heavy atom. The summed E-state index contributed by atoms with van der Waals surface area (Å²) in [5, 5.41) is 0. The van der Waals surface area contributed by atoms with Crippen LogP contribution in [0.25, 0.3) is 0 Å². The zero-order chi connectivity index (χ0) is 15.6. The van der Waals surface area contributed by atoms with E-state index in [-0.39, 0.29) is 11.4 Å². The van der Waals surface area contributed by atoms with Gasteiger partial charge in [0.1, 0.15) is 0 Å². The van der Waals surface area contributed by atoms with Crippen LogP contribution in [0.15, 0.2) is 41.6 Å². The summed E-state index contributed by atoms with van der Waals surface area (Å²) in [7, 11) is -2.02. The number of aromatic nitrogens is 1. The average Bonchev–Trinajstić information content (AvgIpc) is 2.43. The van der Waals surface area contributed by atoms with Crippen molar-refractivity contribution in [1.29, 1.82) is 0 Å². The third kappa shape index (κ3) is 3.22. The van der Waals surface area contributed by atoms with Gasteiger partial charge in [0.2, 0.25) is 10.0 Å². The van der Waals surface area contributed by atoms with Crippen LogP contribution < -0.4 is 5.73 Å². The first-order valence-electron chi connectivity index (χ1n) is 6.54. The van der Waals surface area contributed by atoms with Crippen LogP contribution in [0, 0.1) is 13.8 Å². The summed E-state index contributed by atoms with van der Waals surface area (Å²) in [6, 6.07) is 6.88. The Morgan fingerprint density at radius 1 is 1.19 bits per heavy atom. The lowest BCUT2D eigenvalue weighted by atomic mass is 10.1. The maximum atomic E-state index is 12.7. The van der Waals surface area contributed by atoms with Crippen molar-refractivity contribution in [3.63, 3.8) is 0 Å². The third-order valence-electron chi connectivity index (χ3n) is 3.48. The van der Waals surface area contributed by atoms with Crippen molar-refractivity contribution in [3.8, 4) is 0 Å². The van der Waals surface area contributed by atoms with Gasteiger partial charge >= 0.3 is 0 Å². The Balaban J connectivity index is 2.38. The van der Waals surface area contributed by atoms with Gasteiger partial charge in [0.15, 0.2) is 0 Å². The van der Waals surface area contributed by atoms with Crippen molar-refractivity contribution >= 4 is 15.7 Å². The number of sulfonamides is 1. The Hall–Kier alpha value is -1.92. The first kappa shape index (κ1) is 15.5. The van der Waals surface area contributed by atoms with Crippen LogP contribution in [0.1, 0.15) is 16.7 Å². The summed E-state index contributed by atoms with van der Waals surface area (Å²) in [5.74, 6) is 0. The maximum Gasteiger partial charge on any atom is 0.243 e. The number of rotatable bonds is 4. The Labute approximate surface area is 125 Å². The normalized spacial score (nSPS) is 11.8. The third-order valence-corrected chi connectivity index (χ3v) is 5.41. The number of pyridine rings is 1. The SMILES string of the molecule is Cc1cc(N)cc(S(=O)(=O)N(C)Cc2ccncc2)c1C. The van der Waals surface area contributed by atoms with Crippen LogP contribution in [0.2, 0.25) is 0 Å². The van der Waals surface area contributed by atoms with Gasteiger partial charge in [0, 0.05) is 31.7 Å². The molecule has 0 radical (unpaired) electrons. The number of benzene rings is 1. The van der Waals surface area contributed by atoms with E-state index in [0.29, 0.717) is 5.69 Å². The molecule has 21 heavy (non-hydrogen) atoms. The monoisotopic (exact) mass is 305 g/mol. The minimum atomic E-state index is -3.58. The largest absolute Gasteiger partial charge is 0.399 e. The first-order valence-corrected chi connectivity index (χ1v) is 7.98. The van der Waals surface area contributed by atoms with Gasteiger partial charge in [0.25, 0.3) is 0 Å². The summed E-state index contributed by atoms with van der Waals surface area (Å²) in [6.45, 7) is 3.94. The van der Waals surface area contributed by atoms with Crippen molar-refractivity contribution in [3.05, 3.63) is 53.3 Å². The summed E-state index contributed by atoms with van der Waals surface area (Å²) < 4.78 is 26.8. The van der Waals surface area contributed by atoms with E-state index < -0.39 is 10.0 Å². The number of nitrogens with zero attached hydrogens (tertiary/aromatic N) is 2. The second-order valence-electron chi connectivity index (χ2n) is 5.08. The highest BCUT2D eigenvalue weighted by molar-refractivity contribution is 7.89. The molecule has 0 aliphatic heterocycles. The van der Waals surface area contributed by atoms with Crippen molar-refractivity contribution < 1.29 is 8.42 Å². The van der Waals surface area contributed by atoms with E-state index >= 15 is 0 Å². The molecule has 0 aliphatic rings. The Bertz CT molecular complexity index is 743. The number of nitrogen functional groups attached to an aromatic ring is 1. The second kappa shape index (κ2) is 5.83. The van der Waals surface area contributed by atoms with Crippen LogP contribution in [-0.2, 0) is 16.6 Å². The lowest BCUT2D eigenvalue weighted by Gasteiger charge is -2.19. The van der Waals surface area contributed by atoms with Gasteiger partial charge in [-0.1, -0.05) is 0 Å². The number of hydrogen-bond acceptors (Lipinski definition) is 4. The maximum absolute atomic E-state index is 12.7. The van der Waals surface area contributed by atoms with Crippen molar-refractivity contribution in [1.82, 2.24) is 9.29 Å². The lowest BCUT2D eigenvalue weighted by Crippen LogP contribution is -2.27. The smallest absolute Gasteiger partial charge is 0.243 e. The molecule has 0 saturated carbocycles. The van der Waals surface area contributed by atoms with E-state index in [1.165, 1.54) is 10.4 Å². The van der Waals surface area contributed by atoms with Gasteiger partial charge < -0.3 is 5.73 Å². The van der Waals surface area contributed by atoms with Crippen LogP contribution in [0.3, 0.4) is 0 Å². The highest BCUT2D eigenvalue weighted by Gasteiger charge is 2.24. The zero-order valence-electron chi connectivity index (χ0n) is 12.4. The number of aryl methyl sites for hydroxylation is 1. The number of nitrogens with two attached hydrogens (primary N) is 1. The highest BCUT2D eigenvalue weighted by Crippen LogP contribution is 2.25. The summed E-state index contributed by atoms with van der Waals surface area (Å²) >= 11 is 0. The molecule has 0 aliphatic carbocycles. The summed E-state index contributed by atoms with van der Waals surface area (Å²) in [4.78, 5) is 4.19. The van der Waals surface area contributed by atoms with E-state index in [1.807, 2.05) is 6.92 Å². The van der Waals surface area contributed by atoms with E-state index in [9.17, 15) is 8.42 Å². The minimum Gasteiger partial charge on any atom is -0.399 e. The fraction of sp³-hybridized carbons (Fsp3) is 0.267. The molecule has 0 atom stereocenters. The van der Waals surface area contributed by atoms with E-state index in [0.717, 1.165) is 16.7 Å². The Kier molecular flexibility index (Phi) is 4.29. The number of hydrogen-bond donors (Lipinski definition) is 1. The summed E-state index contributed by atoms with van der Waals surface area (Å²) in [5.41, 5.74) is 8.72. The molecule has 6 heteroatoms. The van der Waals surface area contributed by atoms with Crippen LogP contribution in [0.5, 0.6) is 0 Å². The molecule has 0 spiro atoms. The molecule has 0 fully saturated rings. The molecule has 0 amide bonds. The minimum absolute atomic E-state index is 0.261. The summed E-state index contributed by atoms with van der Waals surface area (Å²) in [6.07, 6.45) is 3.29. The lowest BCUT2D eigenvalue weighted by molar-refractivity contribution is 0.466. The molecule has 0 bridgehead atoms. The topological polar surface area (TPSA) is 76.3 Å². The van der Waals surface area contributed by atoms with Gasteiger partial charge in [0.05, 0.1) is 4.90 Å².